The largest absolute Gasteiger partial charge is 0.280 e. The minimum atomic E-state index is -0.527. The summed E-state index contributed by atoms with van der Waals surface area (Å²) in [5.74, 6) is -0.527. The van der Waals surface area contributed by atoms with Gasteiger partial charge in [0.25, 0.3) is 11.5 Å². The van der Waals surface area contributed by atoms with E-state index >= 15 is 0 Å². The Morgan fingerprint density at radius 1 is 1.14 bits per heavy atom. The molecule has 0 aliphatic carbocycles. The second kappa shape index (κ2) is 5.79. The molecule has 7 heteroatoms. The van der Waals surface area contributed by atoms with Crippen molar-refractivity contribution in [1.29, 1.82) is 0 Å². The molecule has 2 aromatic carbocycles. The molecule has 0 unspecified atom stereocenters. The van der Waals surface area contributed by atoms with Crippen molar-refractivity contribution in [1.82, 2.24) is 9.66 Å². The summed E-state index contributed by atoms with van der Waals surface area (Å²) < 4.78 is 1.02. The Hall–Kier alpha value is -2.37. The average Bonchev–Trinajstić information content (AvgIpc) is 2.50. The number of halogens is 2. The Bertz CT molecular complexity index is 937. The number of benzene rings is 2. The Balaban J connectivity index is 1.98. The summed E-state index contributed by atoms with van der Waals surface area (Å²) in [6.45, 7) is 0. The van der Waals surface area contributed by atoms with E-state index in [1.54, 1.807) is 30.3 Å². The van der Waals surface area contributed by atoms with Crippen molar-refractivity contribution < 1.29 is 4.79 Å². The lowest BCUT2D eigenvalue weighted by Gasteiger charge is -2.09. The van der Waals surface area contributed by atoms with Crippen LogP contribution >= 0.6 is 23.2 Å². The fourth-order valence-electron chi connectivity index (χ4n) is 1.99. The van der Waals surface area contributed by atoms with Crippen LogP contribution in [0.4, 0.5) is 0 Å². The van der Waals surface area contributed by atoms with Crippen LogP contribution in [0.5, 0.6) is 0 Å². The molecule has 0 saturated carbocycles. The molecule has 1 amide bonds. The number of rotatable bonds is 2. The first-order chi connectivity index (χ1) is 10.6. The maximum Gasteiger partial charge on any atom is 0.280 e. The molecule has 0 bridgehead atoms. The number of fused-ring (bicyclic) bond motifs is 1. The standard InChI is InChI=1S/C15H9Cl2N3O2/c16-9-5-6-10(12(17)7-9)14(21)19-20-8-18-13-4-2-1-3-11(13)15(20)22/h1-8H,(H,19,21). The van der Waals surface area contributed by atoms with Crippen LogP contribution in [0.25, 0.3) is 10.9 Å². The van der Waals surface area contributed by atoms with Crippen LogP contribution in [0.3, 0.4) is 0 Å². The molecule has 110 valence electrons. The van der Waals surface area contributed by atoms with Crippen molar-refractivity contribution in [3.05, 3.63) is 74.8 Å². The van der Waals surface area contributed by atoms with E-state index in [2.05, 4.69) is 10.4 Å². The van der Waals surface area contributed by atoms with Gasteiger partial charge in [-0.15, -0.1) is 0 Å². The smallest absolute Gasteiger partial charge is 0.267 e. The predicted octanol–water partition coefficient (Wildman–Crippen LogP) is 3.09. The summed E-state index contributed by atoms with van der Waals surface area (Å²) in [7, 11) is 0. The van der Waals surface area contributed by atoms with E-state index in [4.69, 9.17) is 23.2 Å². The molecule has 3 rings (SSSR count). The van der Waals surface area contributed by atoms with Crippen molar-refractivity contribution in [2.75, 3.05) is 5.43 Å². The third-order valence-electron chi connectivity index (χ3n) is 3.06. The zero-order chi connectivity index (χ0) is 15.7. The normalized spacial score (nSPS) is 10.6. The lowest BCUT2D eigenvalue weighted by Crippen LogP contribution is -2.33. The maximum absolute atomic E-state index is 12.3. The summed E-state index contributed by atoms with van der Waals surface area (Å²) in [5.41, 5.74) is 2.85. The molecule has 1 N–H and O–H groups in total. The minimum Gasteiger partial charge on any atom is -0.267 e. The maximum atomic E-state index is 12.3. The summed E-state index contributed by atoms with van der Waals surface area (Å²) in [6, 6.07) is 11.4. The first kappa shape index (κ1) is 14.6. The van der Waals surface area contributed by atoms with Crippen LogP contribution in [-0.2, 0) is 0 Å². The highest BCUT2D eigenvalue weighted by Gasteiger charge is 2.12. The molecule has 0 radical (unpaired) electrons. The topological polar surface area (TPSA) is 64.0 Å². The number of carbonyl (C=O) groups excluding carboxylic acids is 1. The van der Waals surface area contributed by atoms with Crippen LogP contribution in [0.2, 0.25) is 10.0 Å². The first-order valence-electron chi connectivity index (χ1n) is 6.29. The Kier molecular flexibility index (Phi) is 3.83. The average molecular weight is 334 g/mol. The van der Waals surface area contributed by atoms with E-state index < -0.39 is 5.91 Å². The molecular formula is C15H9Cl2N3O2. The van der Waals surface area contributed by atoms with Gasteiger partial charge in [0, 0.05) is 5.02 Å². The van der Waals surface area contributed by atoms with E-state index in [0.29, 0.717) is 15.9 Å². The highest BCUT2D eigenvalue weighted by molar-refractivity contribution is 6.37. The number of nitrogens with zero attached hydrogens (tertiary/aromatic N) is 2. The summed E-state index contributed by atoms with van der Waals surface area (Å²) in [4.78, 5) is 28.6. The molecule has 0 fully saturated rings. The number of nitrogens with one attached hydrogen (secondary N) is 1. The van der Waals surface area contributed by atoms with E-state index in [-0.39, 0.29) is 16.1 Å². The van der Waals surface area contributed by atoms with Gasteiger partial charge < -0.3 is 0 Å². The monoisotopic (exact) mass is 333 g/mol. The third kappa shape index (κ3) is 2.68. The van der Waals surface area contributed by atoms with Crippen molar-refractivity contribution in [3.63, 3.8) is 0 Å². The highest BCUT2D eigenvalue weighted by atomic mass is 35.5. The molecule has 1 aromatic heterocycles. The second-order valence-corrected chi connectivity index (χ2v) is 5.35. The molecular weight excluding hydrogens is 325 g/mol. The van der Waals surface area contributed by atoms with Gasteiger partial charge >= 0.3 is 0 Å². The van der Waals surface area contributed by atoms with Crippen molar-refractivity contribution >= 4 is 40.0 Å². The first-order valence-corrected chi connectivity index (χ1v) is 7.04. The zero-order valence-electron chi connectivity index (χ0n) is 11.1. The number of para-hydroxylation sites is 1. The Morgan fingerprint density at radius 3 is 2.68 bits per heavy atom. The van der Waals surface area contributed by atoms with Crippen LogP contribution in [-0.4, -0.2) is 15.6 Å². The third-order valence-corrected chi connectivity index (χ3v) is 3.61. The van der Waals surface area contributed by atoms with Crippen LogP contribution in [0.15, 0.2) is 53.6 Å². The van der Waals surface area contributed by atoms with Gasteiger partial charge in [0.1, 0.15) is 6.33 Å². The molecule has 5 nitrogen and oxygen atoms in total. The molecule has 0 spiro atoms. The molecule has 0 aliphatic heterocycles. The van der Waals surface area contributed by atoms with Crippen LogP contribution in [0.1, 0.15) is 10.4 Å². The van der Waals surface area contributed by atoms with Gasteiger partial charge in [-0.2, -0.15) is 0 Å². The second-order valence-electron chi connectivity index (χ2n) is 4.50. The molecule has 22 heavy (non-hydrogen) atoms. The van der Waals surface area contributed by atoms with E-state index in [1.165, 1.54) is 18.5 Å². The van der Waals surface area contributed by atoms with Crippen molar-refractivity contribution in [2.24, 2.45) is 0 Å². The van der Waals surface area contributed by atoms with E-state index in [1.807, 2.05) is 0 Å². The molecule has 1 heterocycles. The van der Waals surface area contributed by atoms with Crippen molar-refractivity contribution in [2.45, 2.75) is 0 Å². The van der Waals surface area contributed by atoms with Crippen LogP contribution < -0.4 is 11.0 Å². The molecule has 0 saturated heterocycles. The van der Waals surface area contributed by atoms with Gasteiger partial charge in [-0.25, -0.2) is 9.66 Å². The van der Waals surface area contributed by atoms with Gasteiger partial charge in [-0.1, -0.05) is 35.3 Å². The van der Waals surface area contributed by atoms with Gasteiger partial charge in [0.05, 0.1) is 21.5 Å². The molecule has 3 aromatic rings. The van der Waals surface area contributed by atoms with Crippen LogP contribution in [0, 0.1) is 0 Å². The highest BCUT2D eigenvalue weighted by Crippen LogP contribution is 2.20. The van der Waals surface area contributed by atoms with E-state index in [0.717, 1.165) is 4.68 Å². The number of hydrogen-bond donors (Lipinski definition) is 1. The fraction of sp³-hybridized carbons (Fsp3) is 0. The van der Waals surface area contributed by atoms with E-state index in [9.17, 15) is 9.59 Å². The zero-order valence-corrected chi connectivity index (χ0v) is 12.6. The van der Waals surface area contributed by atoms with Gasteiger partial charge in [-0.3, -0.25) is 15.0 Å². The van der Waals surface area contributed by atoms with Gasteiger partial charge in [-0.05, 0) is 30.3 Å². The Morgan fingerprint density at radius 2 is 1.91 bits per heavy atom. The lowest BCUT2D eigenvalue weighted by molar-refractivity contribution is 0.101. The summed E-state index contributed by atoms with van der Waals surface area (Å²) >= 11 is 11.8. The van der Waals surface area contributed by atoms with Gasteiger partial charge in [0.2, 0.25) is 0 Å². The molecule has 0 atom stereocenters. The summed E-state index contributed by atoms with van der Waals surface area (Å²) in [6.07, 6.45) is 1.26. The minimum absolute atomic E-state index is 0.201. The van der Waals surface area contributed by atoms with Gasteiger partial charge in [0.15, 0.2) is 0 Å². The predicted molar refractivity (Wildman–Crippen MR) is 86.2 cm³/mol. The van der Waals surface area contributed by atoms with Crippen molar-refractivity contribution in [3.8, 4) is 0 Å². The number of carbonyl (C=O) groups is 1. The fourth-order valence-corrected chi connectivity index (χ4v) is 2.49. The number of aromatic nitrogens is 2. The Labute approximate surface area is 135 Å². The molecule has 0 aliphatic rings. The number of amides is 1. The SMILES string of the molecule is O=C(Nn1cnc2ccccc2c1=O)c1ccc(Cl)cc1Cl. The number of hydrogen-bond acceptors (Lipinski definition) is 3. The lowest BCUT2D eigenvalue weighted by atomic mass is 10.2. The quantitative estimate of drug-likeness (QED) is 0.783. The summed E-state index contributed by atoms with van der Waals surface area (Å²) in [5, 5.41) is 1.03.